The highest BCUT2D eigenvalue weighted by molar-refractivity contribution is 9.10. The van der Waals surface area contributed by atoms with Crippen LogP contribution in [0.3, 0.4) is 0 Å². The molecule has 0 saturated carbocycles. The molecule has 0 amide bonds. The molecule has 0 spiro atoms. The number of nitrogen functional groups attached to an aromatic ring is 1. The van der Waals surface area contributed by atoms with Crippen molar-refractivity contribution in [1.82, 2.24) is 4.98 Å². The number of aliphatic imine (C=N–C) groups is 1. The molecule has 27 heavy (non-hydrogen) atoms. The Morgan fingerprint density at radius 1 is 1.04 bits per heavy atom. The van der Waals surface area contributed by atoms with Crippen LogP contribution in [0.2, 0.25) is 0 Å². The zero-order valence-corrected chi connectivity index (χ0v) is 16.3. The predicted molar refractivity (Wildman–Crippen MR) is 115 cm³/mol. The molecule has 0 radical (unpaired) electrons. The Balaban J connectivity index is 2.02. The van der Waals surface area contributed by atoms with Gasteiger partial charge >= 0.3 is 0 Å². The molecule has 4 N–H and O–H groups in total. The standard InChI is InChI=1S/C22H18BrN3O/c1-13-11-15(23)7-9-18(13)25-21(14-5-3-2-4-6-14)20-17-12-16(24)8-10-19(17)26-22(20)27/h2-12,26-27H,24H2,1H3. The molecule has 4 rings (SSSR count). The molecule has 4 aromatic rings. The van der Waals surface area contributed by atoms with Gasteiger partial charge < -0.3 is 15.8 Å². The number of aromatic amines is 1. The monoisotopic (exact) mass is 419 g/mol. The second-order valence-electron chi connectivity index (χ2n) is 6.41. The molecule has 3 aromatic carbocycles. The van der Waals surface area contributed by atoms with E-state index in [1.807, 2.05) is 67.6 Å². The van der Waals surface area contributed by atoms with E-state index in [0.717, 1.165) is 32.2 Å². The lowest BCUT2D eigenvalue weighted by Crippen LogP contribution is -2.03. The van der Waals surface area contributed by atoms with Gasteiger partial charge in [-0.1, -0.05) is 46.3 Å². The Bertz CT molecular complexity index is 1160. The van der Waals surface area contributed by atoms with Crippen LogP contribution in [0.25, 0.3) is 10.9 Å². The lowest BCUT2D eigenvalue weighted by Gasteiger charge is -2.09. The maximum Gasteiger partial charge on any atom is 0.199 e. The third kappa shape index (κ3) is 3.34. The topological polar surface area (TPSA) is 74.4 Å². The van der Waals surface area contributed by atoms with Crippen LogP contribution >= 0.6 is 15.9 Å². The van der Waals surface area contributed by atoms with Crippen molar-refractivity contribution in [1.29, 1.82) is 0 Å². The number of rotatable bonds is 3. The molecule has 0 saturated heterocycles. The summed E-state index contributed by atoms with van der Waals surface area (Å²) in [4.78, 5) is 7.95. The van der Waals surface area contributed by atoms with E-state index in [0.29, 0.717) is 17.0 Å². The number of nitrogens with zero attached hydrogens (tertiary/aromatic N) is 1. The Morgan fingerprint density at radius 2 is 1.81 bits per heavy atom. The average molecular weight is 420 g/mol. The molecule has 1 aromatic heterocycles. The van der Waals surface area contributed by atoms with Crippen molar-refractivity contribution in [3.63, 3.8) is 0 Å². The van der Waals surface area contributed by atoms with Crippen LogP contribution in [-0.2, 0) is 0 Å². The largest absolute Gasteiger partial charge is 0.494 e. The first-order valence-electron chi connectivity index (χ1n) is 8.54. The van der Waals surface area contributed by atoms with Gasteiger partial charge in [-0.05, 0) is 48.9 Å². The normalized spacial score (nSPS) is 11.9. The van der Waals surface area contributed by atoms with Crippen LogP contribution in [0.15, 0.2) is 76.2 Å². The number of aromatic nitrogens is 1. The summed E-state index contributed by atoms with van der Waals surface area (Å²) in [7, 11) is 0. The van der Waals surface area contributed by atoms with Gasteiger partial charge in [0, 0.05) is 26.6 Å². The Morgan fingerprint density at radius 3 is 2.56 bits per heavy atom. The number of halogens is 1. The van der Waals surface area contributed by atoms with Gasteiger partial charge in [0.05, 0.1) is 17.0 Å². The van der Waals surface area contributed by atoms with Gasteiger partial charge in [0.1, 0.15) is 0 Å². The zero-order valence-electron chi connectivity index (χ0n) is 14.7. The third-order valence-electron chi connectivity index (χ3n) is 4.48. The average Bonchev–Trinajstić information content (AvgIpc) is 2.97. The lowest BCUT2D eigenvalue weighted by atomic mass is 10.0. The molecule has 5 heteroatoms. The maximum absolute atomic E-state index is 10.7. The van der Waals surface area contributed by atoms with Gasteiger partial charge in [-0.3, -0.25) is 0 Å². The molecule has 0 atom stereocenters. The summed E-state index contributed by atoms with van der Waals surface area (Å²) >= 11 is 3.49. The van der Waals surface area contributed by atoms with E-state index in [9.17, 15) is 5.11 Å². The SMILES string of the molecule is Cc1cc(Br)ccc1N=C(c1ccccc1)c1c(O)[nH]c2ccc(N)cc12. The van der Waals surface area contributed by atoms with Gasteiger partial charge in [0.15, 0.2) is 5.88 Å². The van der Waals surface area contributed by atoms with Gasteiger partial charge in [0.2, 0.25) is 0 Å². The number of nitrogens with two attached hydrogens (primary N) is 1. The first-order chi connectivity index (χ1) is 13.0. The predicted octanol–water partition coefficient (Wildman–Crippen LogP) is 5.70. The fourth-order valence-corrected chi connectivity index (χ4v) is 3.64. The number of hydrogen-bond acceptors (Lipinski definition) is 3. The van der Waals surface area contributed by atoms with Gasteiger partial charge in [-0.2, -0.15) is 0 Å². The van der Waals surface area contributed by atoms with E-state index in [4.69, 9.17) is 10.7 Å². The van der Waals surface area contributed by atoms with E-state index in [2.05, 4.69) is 20.9 Å². The number of anilines is 1. The first kappa shape index (κ1) is 17.4. The van der Waals surface area contributed by atoms with E-state index in [1.54, 1.807) is 6.07 Å². The number of aryl methyl sites for hydroxylation is 1. The third-order valence-corrected chi connectivity index (χ3v) is 4.97. The number of benzene rings is 3. The van der Waals surface area contributed by atoms with Crippen molar-refractivity contribution in [2.75, 3.05) is 5.73 Å². The summed E-state index contributed by atoms with van der Waals surface area (Å²) in [5.74, 6) is 0.0768. The quantitative estimate of drug-likeness (QED) is 0.294. The van der Waals surface area contributed by atoms with Crippen LogP contribution < -0.4 is 5.73 Å². The number of nitrogens with one attached hydrogen (secondary N) is 1. The summed E-state index contributed by atoms with van der Waals surface area (Å²) in [6.45, 7) is 2.01. The molecule has 0 aliphatic rings. The van der Waals surface area contributed by atoms with Crippen molar-refractivity contribution >= 4 is 43.9 Å². The number of aromatic hydroxyl groups is 1. The van der Waals surface area contributed by atoms with Crippen LogP contribution in [-0.4, -0.2) is 15.8 Å². The fourth-order valence-electron chi connectivity index (χ4n) is 3.16. The minimum absolute atomic E-state index is 0.0768. The summed E-state index contributed by atoms with van der Waals surface area (Å²) in [5.41, 5.74) is 11.6. The van der Waals surface area contributed by atoms with Crippen LogP contribution in [0.1, 0.15) is 16.7 Å². The van der Waals surface area contributed by atoms with Crippen LogP contribution in [0.5, 0.6) is 5.88 Å². The first-order valence-corrected chi connectivity index (χ1v) is 9.33. The molecule has 0 bridgehead atoms. The van der Waals surface area contributed by atoms with Crippen LogP contribution in [0.4, 0.5) is 11.4 Å². The van der Waals surface area contributed by atoms with Gasteiger partial charge in [-0.15, -0.1) is 0 Å². The van der Waals surface area contributed by atoms with Crippen molar-refractivity contribution in [2.45, 2.75) is 6.92 Å². The number of fused-ring (bicyclic) bond motifs is 1. The van der Waals surface area contributed by atoms with Crippen LogP contribution in [0, 0.1) is 6.92 Å². The number of H-pyrrole nitrogens is 1. The molecule has 0 aliphatic heterocycles. The summed E-state index contributed by atoms with van der Waals surface area (Å²) < 4.78 is 1.00. The molecular weight excluding hydrogens is 402 g/mol. The van der Waals surface area contributed by atoms with Crippen molar-refractivity contribution < 1.29 is 5.11 Å². The number of hydrogen-bond donors (Lipinski definition) is 3. The highest BCUT2D eigenvalue weighted by atomic mass is 79.9. The van der Waals surface area contributed by atoms with E-state index in [-0.39, 0.29) is 5.88 Å². The van der Waals surface area contributed by atoms with Crippen molar-refractivity contribution in [3.8, 4) is 5.88 Å². The van der Waals surface area contributed by atoms with Crippen molar-refractivity contribution in [3.05, 3.63) is 87.9 Å². The molecule has 1 heterocycles. The van der Waals surface area contributed by atoms with E-state index in [1.165, 1.54) is 0 Å². The smallest absolute Gasteiger partial charge is 0.199 e. The molecule has 4 nitrogen and oxygen atoms in total. The molecule has 134 valence electrons. The minimum atomic E-state index is 0.0768. The lowest BCUT2D eigenvalue weighted by molar-refractivity contribution is 0.457. The summed E-state index contributed by atoms with van der Waals surface area (Å²) in [5, 5.41) is 11.5. The van der Waals surface area contributed by atoms with E-state index < -0.39 is 0 Å². The molecule has 0 unspecified atom stereocenters. The maximum atomic E-state index is 10.7. The highest BCUT2D eigenvalue weighted by Crippen LogP contribution is 2.33. The fraction of sp³-hybridized carbons (Fsp3) is 0.0455. The van der Waals surface area contributed by atoms with Gasteiger partial charge in [-0.25, -0.2) is 4.99 Å². The second kappa shape index (κ2) is 6.93. The van der Waals surface area contributed by atoms with Gasteiger partial charge in [0.25, 0.3) is 0 Å². The molecule has 0 aliphatic carbocycles. The second-order valence-corrected chi connectivity index (χ2v) is 7.33. The zero-order chi connectivity index (χ0) is 19.0. The Hall–Kier alpha value is -3.05. The molecule has 0 fully saturated rings. The molecular formula is C22H18BrN3O. The summed E-state index contributed by atoms with van der Waals surface area (Å²) in [6.07, 6.45) is 0. The van der Waals surface area contributed by atoms with Crippen molar-refractivity contribution in [2.24, 2.45) is 4.99 Å². The highest BCUT2D eigenvalue weighted by Gasteiger charge is 2.19. The Kier molecular flexibility index (Phi) is 4.46. The summed E-state index contributed by atoms with van der Waals surface area (Å²) in [6, 6.07) is 21.3. The minimum Gasteiger partial charge on any atom is -0.494 e. The van der Waals surface area contributed by atoms with E-state index >= 15 is 0 Å². The Labute approximate surface area is 165 Å².